The zero-order valence-electron chi connectivity index (χ0n) is 13.8. The lowest BCUT2D eigenvalue weighted by molar-refractivity contribution is -0.137. The third-order valence-electron chi connectivity index (χ3n) is 4.24. The summed E-state index contributed by atoms with van der Waals surface area (Å²) >= 11 is 0. The fourth-order valence-electron chi connectivity index (χ4n) is 2.84. The summed E-state index contributed by atoms with van der Waals surface area (Å²) in [5.41, 5.74) is 0.939. The summed E-state index contributed by atoms with van der Waals surface area (Å²) in [6.45, 7) is 10.6. The average molecular weight is 314 g/mol. The molecule has 1 aliphatic rings. The van der Waals surface area contributed by atoms with Gasteiger partial charge in [-0.2, -0.15) is 13.2 Å². The number of piperazine rings is 1. The molecule has 0 N–H and O–H groups in total. The number of benzene rings is 1. The number of alkyl halides is 3. The van der Waals surface area contributed by atoms with E-state index in [4.69, 9.17) is 0 Å². The third kappa shape index (κ3) is 4.23. The highest BCUT2D eigenvalue weighted by Gasteiger charge is 2.32. The molecule has 0 amide bonds. The van der Waals surface area contributed by atoms with Crippen molar-refractivity contribution in [2.45, 2.75) is 38.9 Å². The van der Waals surface area contributed by atoms with Gasteiger partial charge >= 0.3 is 6.18 Å². The Balaban J connectivity index is 2.27. The van der Waals surface area contributed by atoms with Crippen LogP contribution in [0.3, 0.4) is 0 Å². The minimum atomic E-state index is -4.29. The molecule has 0 aliphatic carbocycles. The van der Waals surface area contributed by atoms with E-state index in [0.717, 1.165) is 43.9 Å². The molecule has 0 unspecified atom stereocenters. The van der Waals surface area contributed by atoms with E-state index in [1.807, 2.05) is 20.8 Å². The van der Waals surface area contributed by atoms with Crippen LogP contribution in [0.1, 0.15) is 37.5 Å². The second-order valence-electron chi connectivity index (χ2n) is 7.20. The lowest BCUT2D eigenvalue weighted by Gasteiger charge is -2.34. The first-order chi connectivity index (χ1) is 10.1. The van der Waals surface area contributed by atoms with Crippen molar-refractivity contribution in [3.63, 3.8) is 0 Å². The normalized spacial score (nSPS) is 18.7. The Labute approximate surface area is 130 Å². The monoisotopic (exact) mass is 314 g/mol. The van der Waals surface area contributed by atoms with Gasteiger partial charge in [0.25, 0.3) is 0 Å². The van der Waals surface area contributed by atoms with Crippen molar-refractivity contribution in [2.75, 3.05) is 33.2 Å². The van der Waals surface area contributed by atoms with Crippen LogP contribution in [0, 0.1) is 0 Å². The maximum atomic E-state index is 13.0. The molecular formula is C17H25F3N2. The Kier molecular flexibility index (Phi) is 4.87. The maximum absolute atomic E-state index is 13.0. The van der Waals surface area contributed by atoms with Crippen LogP contribution < -0.4 is 0 Å². The summed E-state index contributed by atoms with van der Waals surface area (Å²) < 4.78 is 38.9. The number of likely N-dealkylation sites (N-methyl/N-ethyl adjacent to an activating group) is 1. The van der Waals surface area contributed by atoms with Gasteiger partial charge in [-0.05, 0) is 35.7 Å². The molecule has 1 aromatic carbocycles. The van der Waals surface area contributed by atoms with Gasteiger partial charge in [-0.3, -0.25) is 4.90 Å². The fraction of sp³-hybridized carbons (Fsp3) is 0.647. The summed E-state index contributed by atoms with van der Waals surface area (Å²) in [5, 5.41) is 0. The molecule has 1 aromatic rings. The van der Waals surface area contributed by atoms with Gasteiger partial charge in [0.2, 0.25) is 0 Å². The van der Waals surface area contributed by atoms with E-state index in [0.29, 0.717) is 0 Å². The Morgan fingerprint density at radius 2 is 1.59 bits per heavy atom. The lowest BCUT2D eigenvalue weighted by atomic mass is 9.82. The number of hydrogen-bond donors (Lipinski definition) is 0. The van der Waals surface area contributed by atoms with Crippen LogP contribution in [-0.2, 0) is 18.1 Å². The molecule has 0 radical (unpaired) electrons. The van der Waals surface area contributed by atoms with Crippen molar-refractivity contribution in [1.29, 1.82) is 0 Å². The Bertz CT molecular complexity index is 510. The second kappa shape index (κ2) is 6.20. The van der Waals surface area contributed by atoms with Crippen molar-refractivity contribution < 1.29 is 13.2 Å². The van der Waals surface area contributed by atoms with E-state index in [9.17, 15) is 13.2 Å². The van der Waals surface area contributed by atoms with E-state index in [1.54, 1.807) is 6.07 Å². The first kappa shape index (κ1) is 17.3. The fourth-order valence-corrected chi connectivity index (χ4v) is 2.84. The van der Waals surface area contributed by atoms with Gasteiger partial charge in [0.15, 0.2) is 0 Å². The zero-order valence-corrected chi connectivity index (χ0v) is 13.8. The van der Waals surface area contributed by atoms with Gasteiger partial charge in [-0.15, -0.1) is 0 Å². The first-order valence-corrected chi connectivity index (χ1v) is 7.69. The molecule has 2 rings (SSSR count). The molecule has 2 nitrogen and oxygen atoms in total. The third-order valence-corrected chi connectivity index (χ3v) is 4.24. The van der Waals surface area contributed by atoms with E-state index in [-0.39, 0.29) is 5.41 Å². The molecule has 0 saturated carbocycles. The summed E-state index contributed by atoms with van der Waals surface area (Å²) in [7, 11) is 2.09. The second-order valence-corrected chi connectivity index (χ2v) is 7.20. The van der Waals surface area contributed by atoms with E-state index >= 15 is 0 Å². The quantitative estimate of drug-likeness (QED) is 0.820. The van der Waals surface area contributed by atoms with Gasteiger partial charge in [0, 0.05) is 32.7 Å². The van der Waals surface area contributed by atoms with Crippen molar-refractivity contribution in [2.24, 2.45) is 0 Å². The standard InChI is InChI=1S/C17H25F3N2/c1-16(2,3)15-11-14(17(18,19)20)6-5-13(15)12-22-9-7-21(4)8-10-22/h5-6,11H,7-10,12H2,1-4H3. The molecule has 1 fully saturated rings. The molecule has 0 aromatic heterocycles. The van der Waals surface area contributed by atoms with Gasteiger partial charge in [-0.25, -0.2) is 0 Å². The highest BCUT2D eigenvalue weighted by molar-refractivity contribution is 5.38. The van der Waals surface area contributed by atoms with E-state index in [2.05, 4.69) is 16.8 Å². The lowest BCUT2D eigenvalue weighted by Crippen LogP contribution is -2.44. The van der Waals surface area contributed by atoms with Crippen LogP contribution >= 0.6 is 0 Å². The molecule has 5 heteroatoms. The Hall–Kier alpha value is -1.07. The van der Waals surface area contributed by atoms with E-state index in [1.165, 1.54) is 12.1 Å². The van der Waals surface area contributed by atoms with Gasteiger partial charge in [0.05, 0.1) is 5.56 Å². The molecule has 1 saturated heterocycles. The maximum Gasteiger partial charge on any atom is 0.416 e. The van der Waals surface area contributed by atoms with Crippen molar-refractivity contribution in [3.05, 3.63) is 34.9 Å². The van der Waals surface area contributed by atoms with Crippen molar-refractivity contribution in [1.82, 2.24) is 9.80 Å². The van der Waals surface area contributed by atoms with Gasteiger partial charge in [-0.1, -0.05) is 26.8 Å². The van der Waals surface area contributed by atoms with Crippen LogP contribution in [0.2, 0.25) is 0 Å². The molecule has 1 heterocycles. The summed E-state index contributed by atoms with van der Waals surface area (Å²) in [5.74, 6) is 0. The summed E-state index contributed by atoms with van der Waals surface area (Å²) in [6.07, 6.45) is -4.29. The molecule has 0 bridgehead atoms. The van der Waals surface area contributed by atoms with Crippen LogP contribution in [0.5, 0.6) is 0 Å². The molecule has 22 heavy (non-hydrogen) atoms. The summed E-state index contributed by atoms with van der Waals surface area (Å²) in [4.78, 5) is 4.59. The van der Waals surface area contributed by atoms with Gasteiger partial charge in [0.1, 0.15) is 0 Å². The minimum absolute atomic E-state index is 0.302. The number of nitrogens with zero attached hydrogens (tertiary/aromatic N) is 2. The van der Waals surface area contributed by atoms with Crippen LogP contribution in [0.25, 0.3) is 0 Å². The van der Waals surface area contributed by atoms with Crippen LogP contribution in [0.15, 0.2) is 18.2 Å². The van der Waals surface area contributed by atoms with Crippen LogP contribution in [0.4, 0.5) is 13.2 Å². The average Bonchev–Trinajstić information content (AvgIpc) is 2.39. The molecule has 0 atom stereocenters. The topological polar surface area (TPSA) is 6.48 Å². The first-order valence-electron chi connectivity index (χ1n) is 7.69. The minimum Gasteiger partial charge on any atom is -0.304 e. The summed E-state index contributed by atoms with van der Waals surface area (Å²) in [6, 6.07) is 4.19. The highest BCUT2D eigenvalue weighted by Crippen LogP contribution is 2.35. The smallest absolute Gasteiger partial charge is 0.304 e. The van der Waals surface area contributed by atoms with Crippen molar-refractivity contribution >= 4 is 0 Å². The predicted octanol–water partition coefficient (Wildman–Crippen LogP) is 3.75. The zero-order chi connectivity index (χ0) is 16.5. The van der Waals surface area contributed by atoms with Gasteiger partial charge < -0.3 is 4.90 Å². The SMILES string of the molecule is CN1CCN(Cc2ccc(C(F)(F)F)cc2C(C)(C)C)CC1. The number of rotatable bonds is 2. The number of hydrogen-bond acceptors (Lipinski definition) is 2. The predicted molar refractivity (Wildman–Crippen MR) is 82.9 cm³/mol. The van der Waals surface area contributed by atoms with Crippen molar-refractivity contribution in [3.8, 4) is 0 Å². The Morgan fingerprint density at radius 3 is 2.09 bits per heavy atom. The molecule has 124 valence electrons. The van der Waals surface area contributed by atoms with Crippen LogP contribution in [-0.4, -0.2) is 43.0 Å². The molecule has 0 spiro atoms. The van der Waals surface area contributed by atoms with E-state index < -0.39 is 11.7 Å². The largest absolute Gasteiger partial charge is 0.416 e. The highest BCUT2D eigenvalue weighted by atomic mass is 19.4. The number of halogens is 3. The molecule has 1 aliphatic heterocycles. The molecular weight excluding hydrogens is 289 g/mol. The Morgan fingerprint density at radius 1 is 1.00 bits per heavy atom.